The van der Waals surface area contributed by atoms with Gasteiger partial charge in [-0.25, -0.2) is 0 Å². The Hall–Kier alpha value is -2.10. The number of methoxy groups -OCH3 is 1. The summed E-state index contributed by atoms with van der Waals surface area (Å²) in [5.41, 5.74) is 5.27. The number of nitrogens with zero attached hydrogens (tertiary/aromatic N) is 2. The van der Waals surface area contributed by atoms with Crippen LogP contribution in [0.25, 0.3) is 5.57 Å². The Balaban J connectivity index is 1.86. The van der Waals surface area contributed by atoms with Crippen LogP contribution in [-0.4, -0.2) is 42.1 Å². The van der Waals surface area contributed by atoms with Crippen molar-refractivity contribution in [3.63, 3.8) is 0 Å². The number of rotatable bonds is 5. The van der Waals surface area contributed by atoms with Crippen molar-refractivity contribution >= 4 is 5.57 Å². The number of benzene rings is 2. The normalized spacial score (nSPS) is 18.8. The molecule has 1 aliphatic rings. The van der Waals surface area contributed by atoms with Crippen molar-refractivity contribution in [1.82, 2.24) is 9.80 Å². The third kappa shape index (κ3) is 4.65. The molecule has 0 aromatic heterocycles. The molecule has 0 aliphatic carbocycles. The van der Waals surface area contributed by atoms with E-state index in [2.05, 4.69) is 92.6 Å². The van der Waals surface area contributed by atoms with Crippen molar-refractivity contribution in [3.05, 3.63) is 71.8 Å². The molecule has 1 fully saturated rings. The molecular weight excluding hydrogens is 344 g/mol. The van der Waals surface area contributed by atoms with Gasteiger partial charge in [-0.15, -0.1) is 0 Å². The molecule has 1 saturated heterocycles. The van der Waals surface area contributed by atoms with Gasteiger partial charge in [0.25, 0.3) is 0 Å². The first-order chi connectivity index (χ1) is 13.3. The second-order valence-electron chi connectivity index (χ2n) is 8.83. The molecule has 3 heteroatoms. The Kier molecular flexibility index (Phi) is 6.26. The lowest BCUT2D eigenvalue weighted by Gasteiger charge is -2.48. The summed E-state index contributed by atoms with van der Waals surface area (Å²) in [5.74, 6) is 0.912. The highest BCUT2D eigenvalue weighted by Gasteiger charge is 2.35. The van der Waals surface area contributed by atoms with Gasteiger partial charge in [0.2, 0.25) is 0 Å². The third-order valence-corrected chi connectivity index (χ3v) is 5.67. The van der Waals surface area contributed by atoms with Gasteiger partial charge >= 0.3 is 0 Å². The van der Waals surface area contributed by atoms with E-state index in [9.17, 15) is 0 Å². The van der Waals surface area contributed by atoms with Crippen LogP contribution >= 0.6 is 0 Å². The fraction of sp³-hybridized carbons (Fsp3) is 0.440. The molecule has 1 aliphatic heterocycles. The molecule has 28 heavy (non-hydrogen) atoms. The maximum absolute atomic E-state index is 5.29. The van der Waals surface area contributed by atoms with E-state index in [0.29, 0.717) is 6.04 Å². The molecule has 0 bridgehead atoms. The smallest absolute Gasteiger partial charge is 0.118 e. The first kappa shape index (κ1) is 20.6. The van der Waals surface area contributed by atoms with Gasteiger partial charge in [-0.1, -0.05) is 48.6 Å². The standard InChI is InChI=1S/C25H34N2O/c1-19(2)22-9-7-8-10-23(22)24-18-26(15-16-27(24)25(3,4)5)17-20-11-13-21(28-6)14-12-20/h7-14,24H,1,15-18H2,2-6H3. The van der Waals surface area contributed by atoms with Crippen LogP contribution in [0.3, 0.4) is 0 Å². The van der Waals surface area contributed by atoms with Crippen LogP contribution in [0.2, 0.25) is 0 Å². The zero-order chi connectivity index (χ0) is 20.3. The zero-order valence-corrected chi connectivity index (χ0v) is 18.0. The first-order valence-corrected chi connectivity index (χ1v) is 10.2. The number of ether oxygens (including phenoxy) is 1. The average molecular weight is 379 g/mol. The van der Waals surface area contributed by atoms with Gasteiger partial charge in [0.05, 0.1) is 7.11 Å². The highest BCUT2D eigenvalue weighted by atomic mass is 16.5. The van der Waals surface area contributed by atoms with Gasteiger partial charge in [-0.05, 0) is 56.5 Å². The first-order valence-electron chi connectivity index (χ1n) is 10.2. The molecule has 0 saturated carbocycles. The quantitative estimate of drug-likeness (QED) is 0.694. The molecular formula is C25H34N2O. The van der Waals surface area contributed by atoms with Gasteiger partial charge in [0.1, 0.15) is 5.75 Å². The summed E-state index contributed by atoms with van der Waals surface area (Å²) >= 11 is 0. The topological polar surface area (TPSA) is 15.7 Å². The van der Waals surface area contributed by atoms with Crippen LogP contribution < -0.4 is 4.74 Å². The van der Waals surface area contributed by atoms with Crippen molar-refractivity contribution in [3.8, 4) is 5.75 Å². The van der Waals surface area contributed by atoms with Gasteiger partial charge in [0, 0.05) is 37.8 Å². The fourth-order valence-electron chi connectivity index (χ4n) is 4.22. The maximum atomic E-state index is 5.29. The Bertz CT molecular complexity index is 804. The van der Waals surface area contributed by atoms with E-state index >= 15 is 0 Å². The molecule has 0 spiro atoms. The third-order valence-electron chi connectivity index (χ3n) is 5.67. The number of allylic oxidation sites excluding steroid dienone is 1. The van der Waals surface area contributed by atoms with E-state index in [1.807, 2.05) is 0 Å². The van der Waals surface area contributed by atoms with Crippen LogP contribution in [0.1, 0.15) is 50.4 Å². The van der Waals surface area contributed by atoms with E-state index in [1.165, 1.54) is 16.7 Å². The Morgan fingerprint density at radius 1 is 1.07 bits per heavy atom. The molecule has 1 heterocycles. The maximum Gasteiger partial charge on any atom is 0.118 e. The minimum Gasteiger partial charge on any atom is -0.497 e. The van der Waals surface area contributed by atoms with Crippen LogP contribution in [0.15, 0.2) is 55.1 Å². The van der Waals surface area contributed by atoms with Crippen molar-refractivity contribution < 1.29 is 4.74 Å². The minimum atomic E-state index is 0.124. The highest BCUT2D eigenvalue weighted by molar-refractivity contribution is 5.65. The van der Waals surface area contributed by atoms with Gasteiger partial charge in [0.15, 0.2) is 0 Å². The molecule has 2 aromatic rings. The van der Waals surface area contributed by atoms with E-state index in [4.69, 9.17) is 4.74 Å². The van der Waals surface area contributed by atoms with Crippen LogP contribution in [0, 0.1) is 0 Å². The Morgan fingerprint density at radius 3 is 2.36 bits per heavy atom. The number of piperazine rings is 1. The second-order valence-corrected chi connectivity index (χ2v) is 8.83. The number of hydrogen-bond acceptors (Lipinski definition) is 3. The Labute approximate surface area is 170 Å². The van der Waals surface area contributed by atoms with Crippen molar-refractivity contribution in [1.29, 1.82) is 0 Å². The van der Waals surface area contributed by atoms with E-state index in [1.54, 1.807) is 7.11 Å². The summed E-state index contributed by atoms with van der Waals surface area (Å²) in [7, 11) is 1.71. The zero-order valence-electron chi connectivity index (χ0n) is 18.0. The highest BCUT2D eigenvalue weighted by Crippen LogP contribution is 2.35. The predicted octanol–water partition coefficient (Wildman–Crippen LogP) is 5.39. The monoisotopic (exact) mass is 378 g/mol. The lowest BCUT2D eigenvalue weighted by atomic mass is 9.90. The van der Waals surface area contributed by atoms with Crippen molar-refractivity contribution in [2.24, 2.45) is 0 Å². The van der Waals surface area contributed by atoms with Crippen LogP contribution in [0.4, 0.5) is 0 Å². The summed E-state index contributed by atoms with van der Waals surface area (Å²) < 4.78 is 5.29. The molecule has 3 nitrogen and oxygen atoms in total. The summed E-state index contributed by atoms with van der Waals surface area (Å²) in [6.07, 6.45) is 0. The summed E-state index contributed by atoms with van der Waals surface area (Å²) in [5, 5.41) is 0. The lowest BCUT2D eigenvalue weighted by molar-refractivity contribution is 0.00588. The van der Waals surface area contributed by atoms with Gasteiger partial charge < -0.3 is 4.74 Å². The largest absolute Gasteiger partial charge is 0.497 e. The molecule has 2 aromatic carbocycles. The van der Waals surface area contributed by atoms with E-state index in [0.717, 1.165) is 37.5 Å². The molecule has 0 radical (unpaired) electrons. The lowest BCUT2D eigenvalue weighted by Crippen LogP contribution is -2.54. The summed E-state index contributed by atoms with van der Waals surface area (Å²) in [6, 6.07) is 17.6. The number of hydrogen-bond donors (Lipinski definition) is 0. The second kappa shape index (κ2) is 8.50. The van der Waals surface area contributed by atoms with Gasteiger partial charge in [-0.3, -0.25) is 9.80 Å². The fourth-order valence-corrected chi connectivity index (χ4v) is 4.22. The predicted molar refractivity (Wildman–Crippen MR) is 119 cm³/mol. The van der Waals surface area contributed by atoms with Crippen molar-refractivity contribution in [2.75, 3.05) is 26.7 Å². The van der Waals surface area contributed by atoms with Crippen LogP contribution in [0.5, 0.6) is 5.75 Å². The van der Waals surface area contributed by atoms with Gasteiger partial charge in [-0.2, -0.15) is 0 Å². The molecule has 150 valence electrons. The minimum absolute atomic E-state index is 0.124. The molecule has 3 rings (SSSR count). The molecule has 0 N–H and O–H groups in total. The molecule has 1 atom stereocenters. The van der Waals surface area contributed by atoms with Crippen molar-refractivity contribution in [2.45, 2.75) is 45.8 Å². The molecule has 1 unspecified atom stereocenters. The van der Waals surface area contributed by atoms with E-state index in [-0.39, 0.29) is 5.54 Å². The SMILES string of the molecule is C=C(C)c1ccccc1C1CN(Cc2ccc(OC)cc2)CCN1C(C)(C)C. The van der Waals surface area contributed by atoms with E-state index < -0.39 is 0 Å². The summed E-state index contributed by atoms with van der Waals surface area (Å²) in [6.45, 7) is 17.4. The summed E-state index contributed by atoms with van der Waals surface area (Å²) in [4.78, 5) is 5.23. The average Bonchev–Trinajstić information content (AvgIpc) is 2.67. The van der Waals surface area contributed by atoms with Crippen LogP contribution in [-0.2, 0) is 6.54 Å². The molecule has 0 amide bonds. The Morgan fingerprint density at radius 2 is 1.75 bits per heavy atom.